The molecule has 1 aromatic carbocycles. The van der Waals surface area contributed by atoms with Gasteiger partial charge in [0.05, 0.1) is 7.11 Å². The third kappa shape index (κ3) is 3.27. The summed E-state index contributed by atoms with van der Waals surface area (Å²) in [5, 5.41) is 0. The average molecular weight is 272 g/mol. The van der Waals surface area contributed by atoms with Gasteiger partial charge in [-0.2, -0.15) is 0 Å². The number of rotatable bonds is 5. The lowest BCUT2D eigenvalue weighted by Gasteiger charge is -2.12. The minimum Gasteiger partial charge on any atom is -0.493 e. The number of nitrogens with two attached hydrogens (primary N) is 1. The lowest BCUT2D eigenvalue weighted by atomic mass is 10.2. The zero-order chi connectivity index (χ0) is 14.5. The summed E-state index contributed by atoms with van der Waals surface area (Å²) in [5.41, 5.74) is 8.80. The second-order valence-electron chi connectivity index (χ2n) is 4.62. The molecule has 0 radical (unpaired) electrons. The van der Waals surface area contributed by atoms with Gasteiger partial charge in [0.1, 0.15) is 0 Å². The van der Waals surface area contributed by atoms with Gasteiger partial charge in [-0.25, -0.2) is 4.98 Å². The smallest absolute Gasteiger partial charge is 0.219 e. The molecular formula is C16H20N2O2. The Morgan fingerprint density at radius 2 is 1.95 bits per heavy atom. The Hall–Kier alpha value is -2.07. The first-order valence-corrected chi connectivity index (χ1v) is 6.68. The Labute approximate surface area is 119 Å². The first kappa shape index (κ1) is 14.3. The summed E-state index contributed by atoms with van der Waals surface area (Å²) in [6, 6.07) is 9.66. The normalized spacial score (nSPS) is 10.4. The molecule has 0 saturated heterocycles. The van der Waals surface area contributed by atoms with Crippen molar-refractivity contribution < 1.29 is 9.47 Å². The molecule has 1 heterocycles. The number of methoxy groups -OCH3 is 1. The molecule has 0 unspecified atom stereocenters. The number of pyridine rings is 1. The van der Waals surface area contributed by atoms with Crippen molar-refractivity contribution in [2.45, 2.75) is 26.8 Å². The van der Waals surface area contributed by atoms with Crippen LogP contribution < -0.4 is 15.2 Å². The quantitative estimate of drug-likeness (QED) is 0.908. The number of ether oxygens (including phenoxy) is 2. The molecule has 2 N–H and O–H groups in total. The molecule has 2 rings (SSSR count). The minimum atomic E-state index is 0.469. The van der Waals surface area contributed by atoms with Crippen LogP contribution >= 0.6 is 0 Å². The fraction of sp³-hybridized carbons (Fsp3) is 0.312. The molecule has 0 amide bonds. The zero-order valence-electron chi connectivity index (χ0n) is 12.1. The van der Waals surface area contributed by atoms with Crippen LogP contribution in [0.1, 0.15) is 23.7 Å². The number of hydrogen-bond acceptors (Lipinski definition) is 4. The Morgan fingerprint density at radius 3 is 2.60 bits per heavy atom. The molecule has 1 aromatic heterocycles. The number of hydrogen-bond donors (Lipinski definition) is 1. The molecule has 4 heteroatoms. The molecule has 0 aliphatic carbocycles. The van der Waals surface area contributed by atoms with E-state index in [0.717, 1.165) is 23.2 Å². The van der Waals surface area contributed by atoms with Crippen molar-refractivity contribution >= 4 is 0 Å². The summed E-state index contributed by atoms with van der Waals surface area (Å²) < 4.78 is 11.2. The van der Waals surface area contributed by atoms with Crippen LogP contribution in [0.25, 0.3) is 0 Å². The molecule has 0 aliphatic rings. The van der Waals surface area contributed by atoms with Crippen molar-refractivity contribution in [3.8, 4) is 17.4 Å². The van der Waals surface area contributed by atoms with E-state index in [4.69, 9.17) is 15.2 Å². The third-order valence-electron chi connectivity index (χ3n) is 3.05. The van der Waals surface area contributed by atoms with E-state index in [1.165, 1.54) is 0 Å². The Kier molecular flexibility index (Phi) is 4.58. The van der Waals surface area contributed by atoms with E-state index < -0.39 is 0 Å². The van der Waals surface area contributed by atoms with E-state index in [9.17, 15) is 0 Å². The SMILES string of the molecule is CCc1cc(CN)cc(Oc2ccc(C)cc2OC)n1. The molecule has 0 fully saturated rings. The Balaban J connectivity index is 2.34. The third-order valence-corrected chi connectivity index (χ3v) is 3.05. The van der Waals surface area contributed by atoms with Crippen LogP contribution in [0, 0.1) is 6.92 Å². The number of benzene rings is 1. The van der Waals surface area contributed by atoms with Crippen molar-refractivity contribution in [1.82, 2.24) is 4.98 Å². The summed E-state index contributed by atoms with van der Waals surface area (Å²) in [6.07, 6.45) is 0.842. The van der Waals surface area contributed by atoms with E-state index in [2.05, 4.69) is 11.9 Å². The van der Waals surface area contributed by atoms with Gasteiger partial charge in [-0.3, -0.25) is 0 Å². The van der Waals surface area contributed by atoms with Crippen molar-refractivity contribution in [3.63, 3.8) is 0 Å². The summed E-state index contributed by atoms with van der Waals surface area (Å²) in [7, 11) is 1.63. The number of aryl methyl sites for hydroxylation is 2. The van der Waals surface area contributed by atoms with Crippen molar-refractivity contribution in [1.29, 1.82) is 0 Å². The molecule has 0 saturated carbocycles. The van der Waals surface area contributed by atoms with Crippen LogP contribution in [0.15, 0.2) is 30.3 Å². The van der Waals surface area contributed by atoms with Gasteiger partial charge in [-0.05, 0) is 42.7 Å². The zero-order valence-corrected chi connectivity index (χ0v) is 12.1. The maximum absolute atomic E-state index is 5.85. The van der Waals surface area contributed by atoms with Crippen LogP contribution in [0.2, 0.25) is 0 Å². The molecule has 106 valence electrons. The van der Waals surface area contributed by atoms with Crippen LogP contribution in [-0.4, -0.2) is 12.1 Å². The minimum absolute atomic E-state index is 0.469. The van der Waals surface area contributed by atoms with Crippen molar-refractivity contribution in [2.24, 2.45) is 5.73 Å². The second-order valence-corrected chi connectivity index (χ2v) is 4.62. The van der Waals surface area contributed by atoms with Gasteiger partial charge in [-0.1, -0.05) is 13.0 Å². The maximum atomic E-state index is 5.85. The maximum Gasteiger partial charge on any atom is 0.219 e. The van der Waals surface area contributed by atoms with E-state index >= 15 is 0 Å². The van der Waals surface area contributed by atoms with Crippen LogP contribution in [-0.2, 0) is 13.0 Å². The predicted octanol–water partition coefficient (Wildman–Crippen LogP) is 3.21. The van der Waals surface area contributed by atoms with Crippen molar-refractivity contribution in [3.05, 3.63) is 47.2 Å². The standard InChI is InChI=1S/C16H20N2O2/c1-4-13-8-12(10-17)9-16(18-13)20-14-6-5-11(2)7-15(14)19-3/h5-9H,4,10,17H2,1-3H3. The topological polar surface area (TPSA) is 57.4 Å². The summed E-state index contributed by atoms with van der Waals surface area (Å²) in [4.78, 5) is 4.46. The van der Waals surface area contributed by atoms with Crippen LogP contribution in [0.4, 0.5) is 0 Å². The van der Waals surface area contributed by atoms with E-state index in [0.29, 0.717) is 23.9 Å². The fourth-order valence-corrected chi connectivity index (χ4v) is 1.94. The van der Waals surface area contributed by atoms with E-state index in [1.54, 1.807) is 7.11 Å². The highest BCUT2D eigenvalue weighted by atomic mass is 16.5. The van der Waals surface area contributed by atoms with Gasteiger partial charge >= 0.3 is 0 Å². The predicted molar refractivity (Wildman–Crippen MR) is 79.3 cm³/mol. The molecule has 0 atom stereocenters. The largest absolute Gasteiger partial charge is 0.493 e. The van der Waals surface area contributed by atoms with E-state index in [-0.39, 0.29) is 0 Å². The molecule has 0 bridgehead atoms. The average Bonchev–Trinajstić information content (AvgIpc) is 2.48. The van der Waals surface area contributed by atoms with Crippen LogP contribution in [0.5, 0.6) is 17.4 Å². The number of nitrogens with zero attached hydrogens (tertiary/aromatic N) is 1. The lowest BCUT2D eigenvalue weighted by Crippen LogP contribution is -2.01. The summed E-state index contributed by atoms with van der Waals surface area (Å²) in [6.45, 7) is 4.53. The van der Waals surface area contributed by atoms with Gasteiger partial charge in [-0.15, -0.1) is 0 Å². The highest BCUT2D eigenvalue weighted by Crippen LogP contribution is 2.31. The summed E-state index contributed by atoms with van der Waals surface area (Å²) >= 11 is 0. The van der Waals surface area contributed by atoms with Gasteiger partial charge in [0.25, 0.3) is 0 Å². The highest BCUT2D eigenvalue weighted by Gasteiger charge is 2.08. The van der Waals surface area contributed by atoms with Gasteiger partial charge in [0.15, 0.2) is 11.5 Å². The van der Waals surface area contributed by atoms with Crippen molar-refractivity contribution in [2.75, 3.05) is 7.11 Å². The first-order valence-electron chi connectivity index (χ1n) is 6.68. The molecule has 0 aliphatic heterocycles. The lowest BCUT2D eigenvalue weighted by molar-refractivity contribution is 0.373. The first-order chi connectivity index (χ1) is 9.66. The Bertz CT molecular complexity index is 575. The molecular weight excluding hydrogens is 252 g/mol. The van der Waals surface area contributed by atoms with Gasteiger partial charge in [0.2, 0.25) is 5.88 Å². The van der Waals surface area contributed by atoms with Crippen LogP contribution in [0.3, 0.4) is 0 Å². The van der Waals surface area contributed by atoms with Gasteiger partial charge in [0, 0.05) is 18.3 Å². The Morgan fingerprint density at radius 1 is 1.15 bits per heavy atom. The second kappa shape index (κ2) is 6.39. The fourth-order valence-electron chi connectivity index (χ4n) is 1.94. The number of aromatic nitrogens is 1. The molecule has 2 aromatic rings. The monoisotopic (exact) mass is 272 g/mol. The van der Waals surface area contributed by atoms with Gasteiger partial charge < -0.3 is 15.2 Å². The summed E-state index contributed by atoms with van der Waals surface area (Å²) in [5.74, 6) is 1.90. The molecule has 4 nitrogen and oxygen atoms in total. The van der Waals surface area contributed by atoms with E-state index in [1.807, 2.05) is 37.3 Å². The molecule has 20 heavy (non-hydrogen) atoms. The molecule has 0 spiro atoms. The highest BCUT2D eigenvalue weighted by molar-refractivity contribution is 5.44.